The number of carbonyl (C=O) groups excluding carboxylic acids is 1. The summed E-state index contributed by atoms with van der Waals surface area (Å²) in [5.74, 6) is 0.404. The van der Waals surface area contributed by atoms with Gasteiger partial charge < -0.3 is 9.64 Å². The molecule has 0 unspecified atom stereocenters. The Balaban J connectivity index is 1.47. The highest BCUT2D eigenvalue weighted by atomic mass is 35.5. The van der Waals surface area contributed by atoms with Crippen molar-refractivity contribution in [2.75, 3.05) is 32.8 Å². The molecule has 0 aromatic heterocycles. The summed E-state index contributed by atoms with van der Waals surface area (Å²) < 4.78 is 18.8. The Morgan fingerprint density at radius 3 is 2.58 bits per heavy atom. The van der Waals surface area contributed by atoms with Crippen molar-refractivity contribution in [1.82, 2.24) is 9.80 Å². The fraction of sp³-hybridized carbons (Fsp3) is 0.350. The number of ether oxygens (including phenoxy) is 1. The minimum Gasteiger partial charge on any atom is -0.484 e. The zero-order valence-corrected chi connectivity index (χ0v) is 15.5. The number of rotatable bonds is 5. The maximum absolute atomic E-state index is 13.1. The monoisotopic (exact) mass is 376 g/mol. The van der Waals surface area contributed by atoms with Gasteiger partial charge in [0.05, 0.1) is 0 Å². The Hall–Kier alpha value is -2.11. The topological polar surface area (TPSA) is 32.8 Å². The number of carbonyl (C=O) groups is 1. The van der Waals surface area contributed by atoms with E-state index in [-0.39, 0.29) is 18.3 Å². The van der Waals surface area contributed by atoms with Crippen LogP contribution in [0.15, 0.2) is 42.5 Å². The van der Waals surface area contributed by atoms with Crippen LogP contribution in [0.2, 0.25) is 5.02 Å². The van der Waals surface area contributed by atoms with Crippen molar-refractivity contribution in [3.05, 3.63) is 64.4 Å². The number of hydrogen-bond acceptors (Lipinski definition) is 3. The summed E-state index contributed by atoms with van der Waals surface area (Å²) in [6.45, 7) is 5.46. The van der Waals surface area contributed by atoms with E-state index in [4.69, 9.17) is 16.3 Å². The molecule has 0 spiro atoms. The molecule has 0 atom stereocenters. The summed E-state index contributed by atoms with van der Waals surface area (Å²) in [6, 6.07) is 12.1. The van der Waals surface area contributed by atoms with Crippen molar-refractivity contribution in [2.45, 2.75) is 13.5 Å². The van der Waals surface area contributed by atoms with E-state index >= 15 is 0 Å². The van der Waals surface area contributed by atoms with Gasteiger partial charge in [0.15, 0.2) is 6.61 Å². The number of benzene rings is 2. The summed E-state index contributed by atoms with van der Waals surface area (Å²) in [7, 11) is 0. The minimum absolute atomic E-state index is 0.00674. The highest BCUT2D eigenvalue weighted by Gasteiger charge is 2.22. The molecule has 0 aliphatic carbocycles. The predicted octanol–water partition coefficient (Wildman–Crippen LogP) is 3.51. The number of piperazine rings is 1. The van der Waals surface area contributed by atoms with E-state index in [0.717, 1.165) is 30.0 Å². The highest BCUT2D eigenvalue weighted by Crippen LogP contribution is 2.20. The zero-order chi connectivity index (χ0) is 18.5. The molecule has 6 heteroatoms. The van der Waals surface area contributed by atoms with Crippen LogP contribution in [0.5, 0.6) is 5.75 Å². The van der Waals surface area contributed by atoms with Gasteiger partial charge in [-0.1, -0.05) is 35.9 Å². The summed E-state index contributed by atoms with van der Waals surface area (Å²) in [5, 5.41) is 0.440. The standard InChI is InChI=1S/C20H22ClFN2O2/c1-15-4-2-3-5-19(15)26-14-20(25)24-10-8-23(9-11-24)13-16-6-7-17(22)12-18(16)21/h2-7,12H,8-11,13-14H2,1H3. The van der Waals surface area contributed by atoms with Crippen molar-refractivity contribution < 1.29 is 13.9 Å². The first-order valence-corrected chi connectivity index (χ1v) is 9.03. The van der Waals surface area contributed by atoms with E-state index in [0.29, 0.717) is 24.7 Å². The third kappa shape index (κ3) is 4.74. The van der Waals surface area contributed by atoms with Crippen LogP contribution in [0, 0.1) is 12.7 Å². The second kappa shape index (κ2) is 8.52. The smallest absolute Gasteiger partial charge is 0.260 e. The molecule has 0 saturated carbocycles. The molecule has 4 nitrogen and oxygen atoms in total. The molecule has 0 radical (unpaired) electrons. The van der Waals surface area contributed by atoms with Crippen molar-refractivity contribution in [1.29, 1.82) is 0 Å². The molecule has 138 valence electrons. The quantitative estimate of drug-likeness (QED) is 0.800. The Labute approximate surface area is 158 Å². The van der Waals surface area contributed by atoms with Gasteiger partial charge in [0.25, 0.3) is 5.91 Å². The van der Waals surface area contributed by atoms with E-state index in [1.807, 2.05) is 36.1 Å². The predicted molar refractivity (Wildman–Crippen MR) is 99.9 cm³/mol. The van der Waals surface area contributed by atoms with Crippen molar-refractivity contribution in [3.63, 3.8) is 0 Å². The van der Waals surface area contributed by atoms with Gasteiger partial charge in [-0.15, -0.1) is 0 Å². The molecule has 0 N–H and O–H groups in total. The van der Waals surface area contributed by atoms with Crippen molar-refractivity contribution in [2.24, 2.45) is 0 Å². The van der Waals surface area contributed by atoms with E-state index in [9.17, 15) is 9.18 Å². The highest BCUT2D eigenvalue weighted by molar-refractivity contribution is 6.31. The first-order valence-electron chi connectivity index (χ1n) is 8.65. The average molecular weight is 377 g/mol. The molecule has 2 aromatic carbocycles. The van der Waals surface area contributed by atoms with Gasteiger partial charge in [-0.2, -0.15) is 0 Å². The van der Waals surface area contributed by atoms with Crippen LogP contribution >= 0.6 is 11.6 Å². The Morgan fingerprint density at radius 2 is 1.88 bits per heavy atom. The molecule has 1 amide bonds. The lowest BCUT2D eigenvalue weighted by molar-refractivity contribution is -0.135. The van der Waals surface area contributed by atoms with Crippen LogP contribution in [-0.4, -0.2) is 48.5 Å². The Kier molecular flexibility index (Phi) is 6.12. The maximum Gasteiger partial charge on any atom is 0.260 e. The van der Waals surface area contributed by atoms with E-state index in [1.54, 1.807) is 6.07 Å². The molecule has 1 fully saturated rings. The molecular formula is C20H22ClFN2O2. The number of nitrogens with zero attached hydrogens (tertiary/aromatic N) is 2. The van der Waals surface area contributed by atoms with Crippen molar-refractivity contribution >= 4 is 17.5 Å². The molecule has 0 bridgehead atoms. The second-order valence-corrected chi connectivity index (χ2v) is 6.85. The lowest BCUT2D eigenvalue weighted by atomic mass is 10.2. The zero-order valence-electron chi connectivity index (χ0n) is 14.8. The van der Waals surface area contributed by atoms with Crippen LogP contribution in [-0.2, 0) is 11.3 Å². The van der Waals surface area contributed by atoms with E-state index in [2.05, 4.69) is 4.90 Å². The fourth-order valence-electron chi connectivity index (χ4n) is 3.00. The third-order valence-corrected chi connectivity index (χ3v) is 4.93. The molecule has 1 aliphatic rings. The fourth-order valence-corrected chi connectivity index (χ4v) is 3.22. The van der Waals surface area contributed by atoms with Crippen LogP contribution in [0.1, 0.15) is 11.1 Å². The first kappa shape index (κ1) is 18.7. The third-order valence-electron chi connectivity index (χ3n) is 4.58. The van der Waals surface area contributed by atoms with Crippen LogP contribution < -0.4 is 4.74 Å². The number of hydrogen-bond donors (Lipinski definition) is 0. The molecular weight excluding hydrogens is 355 g/mol. The maximum atomic E-state index is 13.1. The number of halogens is 2. The van der Waals surface area contributed by atoms with Crippen LogP contribution in [0.4, 0.5) is 4.39 Å². The van der Waals surface area contributed by atoms with Gasteiger partial charge in [-0.05, 0) is 36.2 Å². The lowest BCUT2D eigenvalue weighted by Crippen LogP contribution is -2.49. The Bertz CT molecular complexity index is 776. The normalized spacial score (nSPS) is 15.1. The summed E-state index contributed by atoms with van der Waals surface area (Å²) in [6.07, 6.45) is 0. The van der Waals surface area contributed by atoms with Gasteiger partial charge in [-0.25, -0.2) is 4.39 Å². The summed E-state index contributed by atoms with van der Waals surface area (Å²) in [4.78, 5) is 16.4. The molecule has 2 aromatic rings. The van der Waals surface area contributed by atoms with E-state index < -0.39 is 0 Å². The molecule has 1 aliphatic heterocycles. The number of para-hydroxylation sites is 1. The SMILES string of the molecule is Cc1ccccc1OCC(=O)N1CCN(Cc2ccc(F)cc2Cl)CC1. The van der Waals surface area contributed by atoms with Gasteiger partial charge in [0.2, 0.25) is 0 Å². The van der Waals surface area contributed by atoms with Crippen molar-refractivity contribution in [3.8, 4) is 5.75 Å². The lowest BCUT2D eigenvalue weighted by Gasteiger charge is -2.34. The Morgan fingerprint density at radius 1 is 1.15 bits per heavy atom. The summed E-state index contributed by atoms with van der Waals surface area (Å²) >= 11 is 6.09. The molecule has 3 rings (SSSR count). The first-order chi connectivity index (χ1) is 12.5. The number of amides is 1. The van der Waals surface area contributed by atoms with Crippen LogP contribution in [0.3, 0.4) is 0 Å². The second-order valence-electron chi connectivity index (χ2n) is 6.45. The minimum atomic E-state index is -0.331. The van der Waals surface area contributed by atoms with Crippen LogP contribution in [0.25, 0.3) is 0 Å². The van der Waals surface area contributed by atoms with Gasteiger partial charge in [0.1, 0.15) is 11.6 Å². The van der Waals surface area contributed by atoms with Gasteiger partial charge in [-0.3, -0.25) is 9.69 Å². The summed E-state index contributed by atoms with van der Waals surface area (Å²) in [5.41, 5.74) is 1.91. The van der Waals surface area contributed by atoms with Gasteiger partial charge >= 0.3 is 0 Å². The average Bonchev–Trinajstić information content (AvgIpc) is 2.64. The van der Waals surface area contributed by atoms with Gasteiger partial charge in [0, 0.05) is 37.7 Å². The number of aryl methyl sites for hydroxylation is 1. The molecule has 1 heterocycles. The molecule has 26 heavy (non-hydrogen) atoms. The largest absolute Gasteiger partial charge is 0.484 e. The molecule has 1 saturated heterocycles. The van der Waals surface area contributed by atoms with E-state index in [1.165, 1.54) is 12.1 Å².